The van der Waals surface area contributed by atoms with E-state index in [2.05, 4.69) is 4.99 Å². The summed E-state index contributed by atoms with van der Waals surface area (Å²) in [5.41, 5.74) is 0.349. The lowest BCUT2D eigenvalue weighted by atomic mass is 10.2. The van der Waals surface area contributed by atoms with Gasteiger partial charge in [0.15, 0.2) is 0 Å². The first-order valence-electron chi connectivity index (χ1n) is 3.12. The lowest BCUT2D eigenvalue weighted by Gasteiger charge is -1.90. The third-order valence-electron chi connectivity index (χ3n) is 1.06. The smallest absolute Gasteiger partial charge is 0.283 e. The van der Waals surface area contributed by atoms with Gasteiger partial charge in [-0.15, -0.1) is 4.99 Å². The van der Waals surface area contributed by atoms with E-state index in [-0.39, 0.29) is 6.61 Å². The molecule has 1 amide bonds. The Morgan fingerprint density at radius 3 is 2.82 bits per heavy atom. The molecule has 0 aliphatic heterocycles. The second-order valence-electron chi connectivity index (χ2n) is 1.91. The predicted octanol–water partition coefficient (Wildman–Crippen LogP) is 0.178. The molecular weight excluding hydrogens is 146 g/mol. The molecule has 4 nitrogen and oxygen atoms in total. The summed E-state index contributed by atoms with van der Waals surface area (Å²) in [4.78, 5) is 23.2. The molecule has 0 bridgehead atoms. The maximum Gasteiger partial charge on any atom is 0.283 e. The average Bonchev–Trinajstić information content (AvgIpc) is 2.00. The molecule has 0 fully saturated rings. The van der Waals surface area contributed by atoms with Gasteiger partial charge < -0.3 is 5.11 Å². The summed E-state index contributed by atoms with van der Waals surface area (Å²) in [6, 6.07) is 0. The number of nitrogens with zero attached hydrogens (tertiary/aromatic N) is 1. The third-order valence-corrected chi connectivity index (χ3v) is 1.06. The number of amides is 1. The van der Waals surface area contributed by atoms with Crippen molar-refractivity contribution in [3.05, 3.63) is 11.6 Å². The van der Waals surface area contributed by atoms with Crippen molar-refractivity contribution in [1.82, 2.24) is 0 Å². The zero-order valence-corrected chi connectivity index (χ0v) is 6.20. The number of hydrogen-bond acceptors (Lipinski definition) is 3. The molecule has 0 aromatic heterocycles. The Hall–Kier alpha value is -1.25. The Kier molecular flexibility index (Phi) is 4.90. The Labute approximate surface area is 64.3 Å². The first-order valence-corrected chi connectivity index (χ1v) is 3.12. The topological polar surface area (TPSA) is 66.7 Å². The van der Waals surface area contributed by atoms with E-state index in [0.717, 1.165) is 6.08 Å². The van der Waals surface area contributed by atoms with Crippen LogP contribution in [-0.4, -0.2) is 23.7 Å². The highest BCUT2D eigenvalue weighted by molar-refractivity contribution is 5.96. The van der Waals surface area contributed by atoms with Crippen LogP contribution in [0.1, 0.15) is 13.3 Å². The largest absolute Gasteiger partial charge is 0.396 e. The van der Waals surface area contributed by atoms with Crippen LogP contribution in [0.25, 0.3) is 0 Å². The third kappa shape index (κ3) is 4.19. The quantitative estimate of drug-likeness (QED) is 0.359. The summed E-state index contributed by atoms with van der Waals surface area (Å²) in [6.45, 7) is 1.51. The normalized spacial score (nSPS) is 10.5. The molecule has 60 valence electrons. The Balaban J connectivity index is 4.11. The molecule has 0 unspecified atom stereocenters. The fraction of sp³-hybridized carbons (Fsp3) is 0.429. The fourth-order valence-corrected chi connectivity index (χ4v) is 0.498. The van der Waals surface area contributed by atoms with E-state index < -0.39 is 5.91 Å². The molecular formula is C7H9NO3. The van der Waals surface area contributed by atoms with Gasteiger partial charge in [-0.1, -0.05) is 6.08 Å². The summed E-state index contributed by atoms with van der Waals surface area (Å²) in [6.07, 6.45) is 3.06. The van der Waals surface area contributed by atoms with Crippen LogP contribution < -0.4 is 0 Å². The fourth-order valence-electron chi connectivity index (χ4n) is 0.498. The average molecular weight is 155 g/mol. The monoisotopic (exact) mass is 155 g/mol. The number of aliphatic hydroxyl groups is 1. The van der Waals surface area contributed by atoms with Crippen LogP contribution >= 0.6 is 0 Å². The lowest BCUT2D eigenvalue weighted by molar-refractivity contribution is -0.114. The van der Waals surface area contributed by atoms with Gasteiger partial charge in [-0.2, -0.15) is 0 Å². The van der Waals surface area contributed by atoms with Crippen LogP contribution in [-0.2, 0) is 9.59 Å². The Morgan fingerprint density at radius 2 is 2.36 bits per heavy atom. The molecule has 0 heterocycles. The highest BCUT2D eigenvalue weighted by atomic mass is 16.2. The van der Waals surface area contributed by atoms with Crippen LogP contribution in [0.15, 0.2) is 16.6 Å². The molecule has 0 aliphatic rings. The summed E-state index contributed by atoms with van der Waals surface area (Å²) in [5.74, 6) is -0.603. The SMILES string of the molecule is CC(=CCCO)C(=O)N=C=O. The van der Waals surface area contributed by atoms with Crippen LogP contribution in [0.3, 0.4) is 0 Å². The number of aliphatic hydroxyl groups excluding tert-OH is 1. The predicted molar refractivity (Wildman–Crippen MR) is 38.6 cm³/mol. The first-order chi connectivity index (χ1) is 5.22. The Bertz CT molecular complexity index is 214. The molecule has 0 spiro atoms. The molecule has 0 atom stereocenters. The van der Waals surface area contributed by atoms with Crippen LogP contribution in [0.4, 0.5) is 0 Å². The van der Waals surface area contributed by atoms with Crippen molar-refractivity contribution in [3.63, 3.8) is 0 Å². The highest BCUT2D eigenvalue weighted by Gasteiger charge is 1.99. The highest BCUT2D eigenvalue weighted by Crippen LogP contribution is 1.96. The summed E-state index contributed by atoms with van der Waals surface area (Å²) in [5, 5.41) is 8.36. The van der Waals surface area contributed by atoms with Gasteiger partial charge in [0.2, 0.25) is 6.08 Å². The van der Waals surface area contributed by atoms with Crippen molar-refractivity contribution >= 4 is 12.0 Å². The standard InChI is InChI=1S/C7H9NO3/c1-6(3-2-4-9)7(11)8-5-10/h3,9H,2,4H2,1H3. The van der Waals surface area contributed by atoms with E-state index in [1.807, 2.05) is 0 Å². The second kappa shape index (κ2) is 5.53. The number of rotatable bonds is 3. The van der Waals surface area contributed by atoms with Crippen molar-refractivity contribution in [2.45, 2.75) is 13.3 Å². The van der Waals surface area contributed by atoms with Gasteiger partial charge in [0.05, 0.1) is 0 Å². The van der Waals surface area contributed by atoms with Crippen LogP contribution in [0, 0.1) is 0 Å². The van der Waals surface area contributed by atoms with Crippen molar-refractivity contribution in [2.75, 3.05) is 6.61 Å². The molecule has 0 aromatic carbocycles. The number of aliphatic imine (C=N–C) groups is 1. The van der Waals surface area contributed by atoms with Crippen molar-refractivity contribution in [1.29, 1.82) is 0 Å². The molecule has 0 radical (unpaired) electrons. The van der Waals surface area contributed by atoms with Crippen molar-refractivity contribution in [3.8, 4) is 0 Å². The second-order valence-corrected chi connectivity index (χ2v) is 1.91. The summed E-state index contributed by atoms with van der Waals surface area (Å²) in [7, 11) is 0. The minimum Gasteiger partial charge on any atom is -0.396 e. The zero-order chi connectivity index (χ0) is 8.69. The number of carbonyl (C=O) groups excluding carboxylic acids is 2. The van der Waals surface area contributed by atoms with Gasteiger partial charge in [0, 0.05) is 12.2 Å². The molecule has 4 heteroatoms. The van der Waals surface area contributed by atoms with Gasteiger partial charge in [-0.05, 0) is 13.3 Å². The van der Waals surface area contributed by atoms with E-state index in [1.54, 1.807) is 0 Å². The minimum atomic E-state index is -0.603. The minimum absolute atomic E-state index is 0.0184. The summed E-state index contributed by atoms with van der Waals surface area (Å²) >= 11 is 0. The lowest BCUT2D eigenvalue weighted by Crippen LogP contribution is -1.94. The molecule has 0 aliphatic carbocycles. The van der Waals surface area contributed by atoms with Gasteiger partial charge in [0.25, 0.3) is 5.91 Å². The Morgan fingerprint density at radius 1 is 1.73 bits per heavy atom. The van der Waals surface area contributed by atoms with E-state index in [0.29, 0.717) is 12.0 Å². The van der Waals surface area contributed by atoms with Gasteiger partial charge in [-0.25, -0.2) is 4.79 Å². The van der Waals surface area contributed by atoms with Crippen LogP contribution in [0.5, 0.6) is 0 Å². The van der Waals surface area contributed by atoms with Crippen LogP contribution in [0.2, 0.25) is 0 Å². The van der Waals surface area contributed by atoms with E-state index >= 15 is 0 Å². The number of hydrogen-bond donors (Lipinski definition) is 1. The van der Waals surface area contributed by atoms with Gasteiger partial charge >= 0.3 is 0 Å². The van der Waals surface area contributed by atoms with E-state index in [4.69, 9.17) is 5.11 Å². The molecule has 0 rings (SSSR count). The number of isocyanates is 1. The zero-order valence-electron chi connectivity index (χ0n) is 6.20. The van der Waals surface area contributed by atoms with Gasteiger partial charge in [-0.3, -0.25) is 4.79 Å². The number of carbonyl (C=O) groups is 1. The first kappa shape index (κ1) is 9.75. The molecule has 1 N–H and O–H groups in total. The van der Waals surface area contributed by atoms with E-state index in [9.17, 15) is 9.59 Å². The van der Waals surface area contributed by atoms with Crippen molar-refractivity contribution < 1.29 is 14.7 Å². The maximum absolute atomic E-state index is 10.7. The maximum atomic E-state index is 10.7. The van der Waals surface area contributed by atoms with Gasteiger partial charge in [0.1, 0.15) is 0 Å². The van der Waals surface area contributed by atoms with E-state index in [1.165, 1.54) is 13.0 Å². The summed E-state index contributed by atoms with van der Waals surface area (Å²) < 4.78 is 0. The molecule has 0 saturated carbocycles. The molecule has 11 heavy (non-hydrogen) atoms. The van der Waals surface area contributed by atoms with Crippen molar-refractivity contribution in [2.24, 2.45) is 4.99 Å². The molecule has 0 aromatic rings. The molecule has 0 saturated heterocycles.